The number of aromatic nitrogens is 1. The number of pyridine rings is 1. The number of nitrogens with zero attached hydrogens (tertiary/aromatic N) is 1. The van der Waals surface area contributed by atoms with E-state index in [9.17, 15) is 9.59 Å². The zero-order chi connectivity index (χ0) is 17.6. The molecular formula is C20H22N2O3. The van der Waals surface area contributed by atoms with Gasteiger partial charge in [-0.3, -0.25) is 14.6 Å². The summed E-state index contributed by atoms with van der Waals surface area (Å²) in [5.41, 5.74) is 2.55. The van der Waals surface area contributed by atoms with Crippen molar-refractivity contribution >= 4 is 17.6 Å². The SMILES string of the molecule is O=C(O)C[C@H]1CC[C@H](c2ccc(NC(=O)c3cccnc3)cc2)CC1. The highest BCUT2D eigenvalue weighted by atomic mass is 16.4. The fourth-order valence-corrected chi connectivity index (χ4v) is 3.49. The lowest BCUT2D eigenvalue weighted by Crippen LogP contribution is -2.16. The van der Waals surface area contributed by atoms with Crippen molar-refractivity contribution < 1.29 is 14.7 Å². The molecule has 0 unspecified atom stereocenters. The van der Waals surface area contributed by atoms with Gasteiger partial charge in [0.1, 0.15) is 0 Å². The number of anilines is 1. The number of aliphatic carboxylic acids is 1. The molecule has 1 aromatic carbocycles. The van der Waals surface area contributed by atoms with E-state index in [1.165, 1.54) is 5.56 Å². The van der Waals surface area contributed by atoms with Crippen molar-refractivity contribution in [3.63, 3.8) is 0 Å². The fourth-order valence-electron chi connectivity index (χ4n) is 3.49. The average Bonchev–Trinajstić information content (AvgIpc) is 2.63. The van der Waals surface area contributed by atoms with Crippen molar-refractivity contribution in [3.8, 4) is 0 Å². The average molecular weight is 338 g/mol. The number of carbonyl (C=O) groups excluding carboxylic acids is 1. The fraction of sp³-hybridized carbons (Fsp3) is 0.350. The maximum absolute atomic E-state index is 12.1. The van der Waals surface area contributed by atoms with E-state index >= 15 is 0 Å². The van der Waals surface area contributed by atoms with E-state index in [-0.39, 0.29) is 12.3 Å². The molecule has 2 N–H and O–H groups in total. The Hall–Kier alpha value is -2.69. The lowest BCUT2D eigenvalue weighted by molar-refractivity contribution is -0.138. The van der Waals surface area contributed by atoms with Gasteiger partial charge in [-0.25, -0.2) is 0 Å². The molecule has 0 bridgehead atoms. The van der Waals surface area contributed by atoms with E-state index in [1.54, 1.807) is 24.5 Å². The van der Waals surface area contributed by atoms with Gasteiger partial charge < -0.3 is 10.4 Å². The summed E-state index contributed by atoms with van der Waals surface area (Å²) in [6.07, 6.45) is 7.45. The van der Waals surface area contributed by atoms with E-state index in [2.05, 4.69) is 22.4 Å². The number of rotatable bonds is 5. The number of carboxylic acids is 1. The molecule has 3 rings (SSSR count). The van der Waals surface area contributed by atoms with E-state index in [1.807, 2.05) is 12.1 Å². The molecule has 1 aliphatic rings. The largest absolute Gasteiger partial charge is 0.481 e. The highest BCUT2D eigenvalue weighted by Crippen LogP contribution is 2.37. The van der Waals surface area contributed by atoms with Crippen LogP contribution in [0.2, 0.25) is 0 Å². The molecule has 0 aliphatic heterocycles. The molecule has 1 aliphatic carbocycles. The Morgan fingerprint density at radius 1 is 1.08 bits per heavy atom. The van der Waals surface area contributed by atoms with Crippen molar-refractivity contribution in [2.45, 2.75) is 38.0 Å². The maximum atomic E-state index is 12.1. The second-order valence-corrected chi connectivity index (χ2v) is 6.63. The molecule has 0 atom stereocenters. The first kappa shape index (κ1) is 17.1. The third-order valence-electron chi connectivity index (χ3n) is 4.87. The summed E-state index contributed by atoms with van der Waals surface area (Å²) in [4.78, 5) is 26.9. The van der Waals surface area contributed by atoms with Crippen LogP contribution < -0.4 is 5.32 Å². The summed E-state index contributed by atoms with van der Waals surface area (Å²) in [5, 5.41) is 11.8. The van der Waals surface area contributed by atoms with Gasteiger partial charge >= 0.3 is 5.97 Å². The Morgan fingerprint density at radius 3 is 2.40 bits per heavy atom. The molecule has 5 heteroatoms. The number of nitrogens with one attached hydrogen (secondary N) is 1. The van der Waals surface area contributed by atoms with Crippen LogP contribution in [0.3, 0.4) is 0 Å². The number of benzene rings is 1. The topological polar surface area (TPSA) is 79.3 Å². The Kier molecular flexibility index (Phi) is 5.43. The summed E-state index contributed by atoms with van der Waals surface area (Å²) in [5.74, 6) is -0.0768. The van der Waals surface area contributed by atoms with Gasteiger partial charge in [0.05, 0.1) is 5.56 Å². The molecule has 1 fully saturated rings. The second-order valence-electron chi connectivity index (χ2n) is 6.63. The third-order valence-corrected chi connectivity index (χ3v) is 4.87. The number of carboxylic acid groups (broad SMARTS) is 1. The number of carbonyl (C=O) groups is 2. The summed E-state index contributed by atoms with van der Waals surface area (Å²) in [6, 6.07) is 11.4. The number of hydrogen-bond acceptors (Lipinski definition) is 3. The minimum atomic E-state index is -0.697. The third kappa shape index (κ3) is 4.66. The lowest BCUT2D eigenvalue weighted by atomic mass is 9.77. The molecule has 1 saturated carbocycles. The van der Waals surface area contributed by atoms with Gasteiger partial charge in [0.15, 0.2) is 0 Å². The second kappa shape index (κ2) is 7.92. The van der Waals surface area contributed by atoms with Crippen molar-refractivity contribution in [1.82, 2.24) is 4.98 Å². The zero-order valence-corrected chi connectivity index (χ0v) is 14.0. The first-order valence-corrected chi connectivity index (χ1v) is 8.65. The highest BCUT2D eigenvalue weighted by Gasteiger charge is 2.23. The number of hydrogen-bond donors (Lipinski definition) is 2. The minimum absolute atomic E-state index is 0.171. The first-order chi connectivity index (χ1) is 12.1. The van der Waals surface area contributed by atoms with Crippen LogP contribution >= 0.6 is 0 Å². The van der Waals surface area contributed by atoms with Crippen LogP contribution in [0.5, 0.6) is 0 Å². The van der Waals surface area contributed by atoms with Crippen LogP contribution in [0, 0.1) is 5.92 Å². The van der Waals surface area contributed by atoms with E-state index in [0.717, 1.165) is 31.4 Å². The van der Waals surface area contributed by atoms with Gasteiger partial charge in [-0.2, -0.15) is 0 Å². The predicted molar refractivity (Wildman–Crippen MR) is 95.6 cm³/mol. The van der Waals surface area contributed by atoms with Crippen LogP contribution in [0.15, 0.2) is 48.8 Å². The van der Waals surface area contributed by atoms with Crippen LogP contribution in [-0.2, 0) is 4.79 Å². The van der Waals surface area contributed by atoms with Crippen LogP contribution in [-0.4, -0.2) is 22.0 Å². The molecule has 5 nitrogen and oxygen atoms in total. The van der Waals surface area contributed by atoms with Gasteiger partial charge in [0.25, 0.3) is 5.91 Å². The van der Waals surface area contributed by atoms with Gasteiger partial charge in [-0.15, -0.1) is 0 Å². The van der Waals surface area contributed by atoms with Crippen LogP contribution in [0.4, 0.5) is 5.69 Å². The van der Waals surface area contributed by atoms with E-state index in [0.29, 0.717) is 17.4 Å². The van der Waals surface area contributed by atoms with Gasteiger partial charge in [0.2, 0.25) is 0 Å². The summed E-state index contributed by atoms with van der Waals surface area (Å²) in [7, 11) is 0. The van der Waals surface area contributed by atoms with Crippen molar-refractivity contribution in [3.05, 3.63) is 59.9 Å². The summed E-state index contributed by atoms with van der Waals surface area (Å²) < 4.78 is 0. The van der Waals surface area contributed by atoms with Crippen molar-refractivity contribution in [1.29, 1.82) is 0 Å². The van der Waals surface area contributed by atoms with Gasteiger partial charge in [-0.1, -0.05) is 12.1 Å². The summed E-state index contributed by atoms with van der Waals surface area (Å²) in [6.45, 7) is 0. The normalized spacial score (nSPS) is 20.0. The predicted octanol–water partition coefficient (Wildman–Crippen LogP) is 4.08. The molecule has 0 saturated heterocycles. The minimum Gasteiger partial charge on any atom is -0.481 e. The van der Waals surface area contributed by atoms with Gasteiger partial charge in [0, 0.05) is 24.5 Å². The molecule has 0 radical (unpaired) electrons. The number of amides is 1. The van der Waals surface area contributed by atoms with E-state index in [4.69, 9.17) is 5.11 Å². The molecule has 1 heterocycles. The molecule has 0 spiro atoms. The quantitative estimate of drug-likeness (QED) is 0.861. The van der Waals surface area contributed by atoms with Crippen LogP contribution in [0.25, 0.3) is 0 Å². The van der Waals surface area contributed by atoms with Gasteiger partial charge in [-0.05, 0) is 67.3 Å². The highest BCUT2D eigenvalue weighted by molar-refractivity contribution is 6.03. The maximum Gasteiger partial charge on any atom is 0.303 e. The Bertz CT molecular complexity index is 720. The molecule has 1 aromatic heterocycles. The van der Waals surface area contributed by atoms with Crippen molar-refractivity contribution in [2.75, 3.05) is 5.32 Å². The zero-order valence-electron chi connectivity index (χ0n) is 14.0. The Morgan fingerprint density at radius 2 is 1.80 bits per heavy atom. The monoisotopic (exact) mass is 338 g/mol. The Labute approximate surface area is 147 Å². The van der Waals surface area contributed by atoms with Crippen LogP contribution in [0.1, 0.15) is 53.9 Å². The first-order valence-electron chi connectivity index (χ1n) is 8.65. The molecular weight excluding hydrogens is 316 g/mol. The molecule has 130 valence electrons. The molecule has 2 aromatic rings. The smallest absolute Gasteiger partial charge is 0.303 e. The Balaban J connectivity index is 1.56. The summed E-state index contributed by atoms with van der Waals surface area (Å²) >= 11 is 0. The lowest BCUT2D eigenvalue weighted by Gasteiger charge is -2.28. The standard InChI is InChI=1S/C20H22N2O3/c23-19(24)12-14-3-5-15(6-4-14)16-7-9-18(10-8-16)22-20(25)17-2-1-11-21-13-17/h1-2,7-11,13-15H,3-6,12H2,(H,22,25)(H,23,24)/t14-,15-. The van der Waals surface area contributed by atoms with Crippen molar-refractivity contribution in [2.24, 2.45) is 5.92 Å². The molecule has 1 amide bonds. The molecule has 25 heavy (non-hydrogen) atoms. The van der Waals surface area contributed by atoms with E-state index < -0.39 is 5.97 Å².